The van der Waals surface area contributed by atoms with Crippen molar-refractivity contribution < 1.29 is 0 Å². The number of hydrogen-bond donors (Lipinski definition) is 1. The monoisotopic (exact) mass is 276 g/mol. The van der Waals surface area contributed by atoms with Gasteiger partial charge in [-0.15, -0.1) is 0 Å². The summed E-state index contributed by atoms with van der Waals surface area (Å²) in [6.07, 6.45) is 4.19. The van der Waals surface area contributed by atoms with Crippen molar-refractivity contribution in [1.82, 2.24) is 4.98 Å². The lowest BCUT2D eigenvalue weighted by Crippen LogP contribution is -2.13. The molecule has 2 nitrogen and oxygen atoms in total. The van der Waals surface area contributed by atoms with Crippen LogP contribution in [-0.4, -0.2) is 11.5 Å². The van der Waals surface area contributed by atoms with Crippen molar-refractivity contribution in [3.05, 3.63) is 35.0 Å². The van der Waals surface area contributed by atoms with Crippen LogP contribution in [0.1, 0.15) is 32.3 Å². The number of nitrogens with zero attached hydrogens (tertiary/aromatic N) is 1. The van der Waals surface area contributed by atoms with Gasteiger partial charge in [0.25, 0.3) is 0 Å². The van der Waals surface area contributed by atoms with Crippen LogP contribution in [-0.2, 0) is 0 Å². The van der Waals surface area contributed by atoms with E-state index in [0.29, 0.717) is 5.92 Å². The number of aromatic nitrogens is 1. The molecule has 2 rings (SSSR count). The Labute approximate surface area is 120 Å². The third-order valence-electron chi connectivity index (χ3n) is 3.75. The average molecular weight is 277 g/mol. The van der Waals surface area contributed by atoms with Crippen LogP contribution in [0, 0.1) is 12.8 Å². The lowest BCUT2D eigenvalue weighted by molar-refractivity contribution is 0.519. The van der Waals surface area contributed by atoms with Crippen molar-refractivity contribution in [2.45, 2.75) is 33.6 Å². The number of anilines is 1. The highest BCUT2D eigenvalue weighted by atomic mass is 35.5. The summed E-state index contributed by atoms with van der Waals surface area (Å²) in [6, 6.07) is 6.03. The summed E-state index contributed by atoms with van der Waals surface area (Å²) in [5.41, 5.74) is 3.16. The topological polar surface area (TPSA) is 24.9 Å². The fourth-order valence-electron chi connectivity index (χ4n) is 2.38. The van der Waals surface area contributed by atoms with Gasteiger partial charge in [-0.2, -0.15) is 0 Å². The zero-order valence-electron chi connectivity index (χ0n) is 11.8. The fraction of sp³-hybridized carbons (Fsp3) is 0.438. The second-order valence-corrected chi connectivity index (χ2v) is 5.42. The van der Waals surface area contributed by atoms with E-state index in [2.05, 4.69) is 30.2 Å². The van der Waals surface area contributed by atoms with E-state index in [4.69, 9.17) is 11.6 Å². The molecule has 0 fully saturated rings. The van der Waals surface area contributed by atoms with Crippen molar-refractivity contribution in [1.29, 1.82) is 0 Å². The Morgan fingerprint density at radius 3 is 2.74 bits per heavy atom. The molecular formula is C16H21ClN2. The highest BCUT2D eigenvalue weighted by Crippen LogP contribution is 2.32. The van der Waals surface area contributed by atoms with Crippen molar-refractivity contribution in [2.24, 2.45) is 5.92 Å². The zero-order chi connectivity index (χ0) is 13.8. The molecule has 19 heavy (non-hydrogen) atoms. The van der Waals surface area contributed by atoms with Gasteiger partial charge in [-0.3, -0.25) is 4.98 Å². The first-order valence-corrected chi connectivity index (χ1v) is 7.32. The Kier molecular flexibility index (Phi) is 4.65. The predicted molar refractivity (Wildman–Crippen MR) is 84.1 cm³/mol. The molecule has 0 aliphatic heterocycles. The molecule has 0 saturated heterocycles. The maximum absolute atomic E-state index is 6.39. The number of halogens is 1. The molecule has 1 aromatic heterocycles. The van der Waals surface area contributed by atoms with Gasteiger partial charge in [-0.25, -0.2) is 0 Å². The summed E-state index contributed by atoms with van der Waals surface area (Å²) in [4.78, 5) is 4.45. The standard InChI is InChI=1S/C16H21ClN2/c1-4-12(5-2)10-19-16-13-7-6-8-18-15(13)11(3)9-14(16)17/h6-9,12,19H,4-5,10H2,1-3H3. The van der Waals surface area contributed by atoms with E-state index in [9.17, 15) is 0 Å². The van der Waals surface area contributed by atoms with E-state index < -0.39 is 0 Å². The lowest BCUT2D eigenvalue weighted by atomic mass is 10.0. The molecule has 0 unspecified atom stereocenters. The van der Waals surface area contributed by atoms with E-state index in [1.165, 1.54) is 12.8 Å². The quantitative estimate of drug-likeness (QED) is 0.827. The molecule has 102 valence electrons. The normalized spacial score (nSPS) is 11.2. The van der Waals surface area contributed by atoms with Crippen molar-refractivity contribution >= 4 is 28.2 Å². The maximum Gasteiger partial charge on any atom is 0.0752 e. The van der Waals surface area contributed by atoms with Crippen LogP contribution in [0.25, 0.3) is 10.9 Å². The number of pyridine rings is 1. The van der Waals surface area contributed by atoms with Gasteiger partial charge in [0.05, 0.1) is 16.2 Å². The molecule has 0 saturated carbocycles. The van der Waals surface area contributed by atoms with Gasteiger partial charge in [0.15, 0.2) is 0 Å². The molecular weight excluding hydrogens is 256 g/mol. The van der Waals surface area contributed by atoms with E-state index >= 15 is 0 Å². The molecule has 0 amide bonds. The summed E-state index contributed by atoms with van der Waals surface area (Å²) >= 11 is 6.39. The van der Waals surface area contributed by atoms with Crippen molar-refractivity contribution in [3.63, 3.8) is 0 Å². The van der Waals surface area contributed by atoms with E-state index in [-0.39, 0.29) is 0 Å². The summed E-state index contributed by atoms with van der Waals surface area (Å²) in [6.45, 7) is 7.46. The lowest BCUT2D eigenvalue weighted by Gasteiger charge is -2.17. The van der Waals surface area contributed by atoms with E-state index in [0.717, 1.165) is 33.7 Å². The first kappa shape index (κ1) is 14.1. The van der Waals surface area contributed by atoms with Crippen molar-refractivity contribution in [2.75, 3.05) is 11.9 Å². The number of aryl methyl sites for hydroxylation is 1. The van der Waals surface area contributed by atoms with Crippen LogP contribution >= 0.6 is 11.6 Å². The molecule has 0 spiro atoms. The molecule has 1 aromatic carbocycles. The number of rotatable bonds is 5. The Balaban J connectivity index is 2.37. The molecule has 3 heteroatoms. The highest BCUT2D eigenvalue weighted by molar-refractivity contribution is 6.35. The highest BCUT2D eigenvalue weighted by Gasteiger charge is 2.11. The minimum absolute atomic E-state index is 0.684. The fourth-order valence-corrected chi connectivity index (χ4v) is 2.72. The second-order valence-electron chi connectivity index (χ2n) is 5.01. The summed E-state index contributed by atoms with van der Waals surface area (Å²) in [5, 5.41) is 5.40. The largest absolute Gasteiger partial charge is 0.383 e. The molecule has 0 aliphatic carbocycles. The first-order chi connectivity index (χ1) is 9.17. The summed E-state index contributed by atoms with van der Waals surface area (Å²) in [5.74, 6) is 0.684. The Morgan fingerprint density at radius 1 is 1.32 bits per heavy atom. The van der Waals surface area contributed by atoms with Crippen LogP contribution in [0.2, 0.25) is 5.02 Å². The zero-order valence-corrected chi connectivity index (χ0v) is 12.6. The van der Waals surface area contributed by atoms with Crippen LogP contribution in [0.4, 0.5) is 5.69 Å². The van der Waals surface area contributed by atoms with Gasteiger partial charge in [-0.1, -0.05) is 38.3 Å². The van der Waals surface area contributed by atoms with Crippen LogP contribution < -0.4 is 5.32 Å². The molecule has 0 bridgehead atoms. The molecule has 1 N–H and O–H groups in total. The number of nitrogens with one attached hydrogen (secondary N) is 1. The van der Waals surface area contributed by atoms with Crippen molar-refractivity contribution in [3.8, 4) is 0 Å². The molecule has 0 radical (unpaired) electrons. The van der Waals surface area contributed by atoms with Crippen LogP contribution in [0.5, 0.6) is 0 Å². The third kappa shape index (κ3) is 3.01. The van der Waals surface area contributed by atoms with Gasteiger partial charge >= 0.3 is 0 Å². The minimum Gasteiger partial charge on any atom is -0.383 e. The molecule has 0 aliphatic rings. The van der Waals surface area contributed by atoms with Crippen LogP contribution in [0.15, 0.2) is 24.4 Å². The molecule has 0 atom stereocenters. The third-order valence-corrected chi connectivity index (χ3v) is 4.05. The summed E-state index contributed by atoms with van der Waals surface area (Å²) < 4.78 is 0. The van der Waals surface area contributed by atoms with Gasteiger partial charge in [0.1, 0.15) is 0 Å². The number of hydrogen-bond acceptors (Lipinski definition) is 2. The Morgan fingerprint density at radius 2 is 2.05 bits per heavy atom. The van der Waals surface area contributed by atoms with Gasteiger partial charge < -0.3 is 5.32 Å². The Bertz CT molecular complexity index is 562. The van der Waals surface area contributed by atoms with E-state index in [1.54, 1.807) is 0 Å². The average Bonchev–Trinajstić information content (AvgIpc) is 2.43. The molecule has 2 aromatic rings. The predicted octanol–water partition coefficient (Wildman–Crippen LogP) is 5.04. The van der Waals surface area contributed by atoms with Gasteiger partial charge in [0, 0.05) is 18.1 Å². The SMILES string of the molecule is CCC(CC)CNc1c(Cl)cc(C)c2ncccc12. The first-order valence-electron chi connectivity index (χ1n) is 6.95. The second kappa shape index (κ2) is 6.25. The molecule has 1 heterocycles. The van der Waals surface area contributed by atoms with Gasteiger partial charge in [-0.05, 0) is 36.6 Å². The smallest absolute Gasteiger partial charge is 0.0752 e. The minimum atomic E-state index is 0.684. The number of fused-ring (bicyclic) bond motifs is 1. The maximum atomic E-state index is 6.39. The van der Waals surface area contributed by atoms with Gasteiger partial charge in [0.2, 0.25) is 0 Å². The summed E-state index contributed by atoms with van der Waals surface area (Å²) in [7, 11) is 0. The number of benzene rings is 1. The van der Waals surface area contributed by atoms with E-state index in [1.807, 2.05) is 25.3 Å². The Hall–Kier alpha value is -1.28. The van der Waals surface area contributed by atoms with Crippen LogP contribution in [0.3, 0.4) is 0 Å².